The van der Waals surface area contributed by atoms with Gasteiger partial charge in [0.15, 0.2) is 0 Å². The number of rotatable bonds is 6. The second-order valence-electron chi connectivity index (χ2n) is 5.58. The third-order valence-electron chi connectivity index (χ3n) is 3.83. The first-order chi connectivity index (χ1) is 10.6. The van der Waals surface area contributed by atoms with Gasteiger partial charge in [-0.1, -0.05) is 17.7 Å². The van der Waals surface area contributed by atoms with Crippen LogP contribution in [0.25, 0.3) is 0 Å². The molecule has 0 spiro atoms. The van der Waals surface area contributed by atoms with Gasteiger partial charge in [0.1, 0.15) is 5.75 Å². The minimum atomic E-state index is -0.210. The molecular weight excluding hydrogens is 304 g/mol. The molecule has 2 rings (SSSR count). The molecule has 0 saturated heterocycles. The molecule has 1 aromatic carbocycles. The zero-order valence-corrected chi connectivity index (χ0v) is 13.5. The summed E-state index contributed by atoms with van der Waals surface area (Å²) in [6.45, 7) is 3.43. The van der Waals surface area contributed by atoms with Crippen LogP contribution in [0.2, 0.25) is 5.02 Å². The summed E-state index contributed by atoms with van der Waals surface area (Å²) in [6.07, 6.45) is 2.35. The van der Waals surface area contributed by atoms with Crippen LogP contribution in [0.5, 0.6) is 5.75 Å². The van der Waals surface area contributed by atoms with Crippen LogP contribution >= 0.6 is 11.6 Å². The average Bonchev–Trinajstić information content (AvgIpc) is 2.90. The second kappa shape index (κ2) is 8.25. The Labute approximate surface area is 136 Å². The van der Waals surface area contributed by atoms with Crippen molar-refractivity contribution in [3.63, 3.8) is 0 Å². The van der Waals surface area contributed by atoms with Crippen molar-refractivity contribution in [2.75, 3.05) is 13.2 Å². The molecule has 1 saturated carbocycles. The molecule has 0 unspecified atom stereocenters. The number of hydrogen-bond acceptors (Lipinski definition) is 3. The lowest BCUT2D eigenvalue weighted by Gasteiger charge is -2.14. The zero-order chi connectivity index (χ0) is 15.9. The van der Waals surface area contributed by atoms with E-state index in [9.17, 15) is 9.90 Å². The number of amides is 2. The smallest absolute Gasteiger partial charge is 0.315 e. The van der Waals surface area contributed by atoms with Crippen molar-refractivity contribution in [1.82, 2.24) is 10.6 Å². The molecule has 0 heterocycles. The lowest BCUT2D eigenvalue weighted by atomic mass is 10.1. The number of hydrogen-bond donors (Lipinski definition) is 3. The average molecular weight is 327 g/mol. The molecule has 0 bridgehead atoms. The Bertz CT molecular complexity index is 510. The normalized spacial score (nSPS) is 20.7. The Morgan fingerprint density at radius 3 is 2.91 bits per heavy atom. The maximum absolute atomic E-state index is 11.8. The Morgan fingerprint density at radius 2 is 2.23 bits per heavy atom. The fourth-order valence-corrected chi connectivity index (χ4v) is 2.84. The first-order valence-corrected chi connectivity index (χ1v) is 8.07. The molecule has 1 aliphatic carbocycles. The van der Waals surface area contributed by atoms with Crippen LogP contribution in [0.1, 0.15) is 31.7 Å². The summed E-state index contributed by atoms with van der Waals surface area (Å²) >= 11 is 5.95. The maximum atomic E-state index is 11.8. The van der Waals surface area contributed by atoms with Crippen molar-refractivity contribution in [3.05, 3.63) is 28.8 Å². The zero-order valence-electron chi connectivity index (χ0n) is 12.8. The second-order valence-corrected chi connectivity index (χ2v) is 6.02. The van der Waals surface area contributed by atoms with Gasteiger partial charge in [0, 0.05) is 23.7 Å². The molecule has 5 nitrogen and oxygen atoms in total. The van der Waals surface area contributed by atoms with Crippen molar-refractivity contribution in [3.8, 4) is 5.75 Å². The maximum Gasteiger partial charge on any atom is 0.315 e. The number of carbonyl (C=O) groups is 1. The van der Waals surface area contributed by atoms with E-state index in [2.05, 4.69) is 10.6 Å². The van der Waals surface area contributed by atoms with E-state index in [-0.39, 0.29) is 12.1 Å². The van der Waals surface area contributed by atoms with Crippen molar-refractivity contribution in [1.29, 1.82) is 0 Å². The van der Waals surface area contributed by atoms with Crippen LogP contribution in [0.3, 0.4) is 0 Å². The van der Waals surface area contributed by atoms with Gasteiger partial charge in [-0.25, -0.2) is 4.79 Å². The molecule has 1 aliphatic rings. The molecule has 1 aromatic rings. The summed E-state index contributed by atoms with van der Waals surface area (Å²) in [4.78, 5) is 11.8. The number of carbonyl (C=O) groups excluding carboxylic acids is 1. The highest BCUT2D eigenvalue weighted by Gasteiger charge is 2.22. The number of nitrogens with one attached hydrogen (secondary N) is 2. The molecular formula is C16H23ClN2O3. The molecule has 3 N–H and O–H groups in total. The fraction of sp³-hybridized carbons (Fsp3) is 0.562. The fourth-order valence-electron chi connectivity index (χ4n) is 2.67. The number of ether oxygens (including phenoxy) is 1. The Hall–Kier alpha value is -1.46. The van der Waals surface area contributed by atoms with E-state index in [0.717, 1.165) is 24.8 Å². The van der Waals surface area contributed by atoms with Crippen LogP contribution in [0, 0.1) is 5.92 Å². The molecule has 2 atom stereocenters. The summed E-state index contributed by atoms with van der Waals surface area (Å²) in [5, 5.41) is 15.7. The summed E-state index contributed by atoms with van der Waals surface area (Å²) < 4.78 is 5.52. The van der Waals surface area contributed by atoms with Crippen LogP contribution in [-0.2, 0) is 6.54 Å². The predicted octanol–water partition coefficient (Wildman–Crippen LogP) is 2.70. The van der Waals surface area contributed by atoms with E-state index < -0.39 is 0 Å². The minimum absolute atomic E-state index is 0.209. The molecule has 0 aliphatic heterocycles. The highest BCUT2D eigenvalue weighted by Crippen LogP contribution is 2.25. The quantitative estimate of drug-likeness (QED) is 0.752. The molecule has 2 amide bonds. The SMILES string of the molecule is CCOc1cc(Cl)ccc1CNC(=O)NC[C@@H]1CC[C@@H](O)C1. The number of benzene rings is 1. The largest absolute Gasteiger partial charge is 0.493 e. The van der Waals surface area contributed by atoms with E-state index in [1.807, 2.05) is 13.0 Å². The Morgan fingerprint density at radius 1 is 1.41 bits per heavy atom. The molecule has 0 radical (unpaired) electrons. The van der Waals surface area contributed by atoms with Gasteiger partial charge >= 0.3 is 6.03 Å². The number of urea groups is 1. The highest BCUT2D eigenvalue weighted by atomic mass is 35.5. The van der Waals surface area contributed by atoms with Crippen molar-refractivity contribution in [2.24, 2.45) is 5.92 Å². The van der Waals surface area contributed by atoms with Gasteiger partial charge in [-0.05, 0) is 44.2 Å². The minimum Gasteiger partial charge on any atom is -0.493 e. The van der Waals surface area contributed by atoms with Gasteiger partial charge in [0.2, 0.25) is 0 Å². The van der Waals surface area contributed by atoms with Gasteiger partial charge in [-0.15, -0.1) is 0 Å². The number of aliphatic hydroxyl groups excluding tert-OH is 1. The third kappa shape index (κ3) is 5.07. The molecule has 0 aromatic heterocycles. The Balaban J connectivity index is 1.78. The van der Waals surface area contributed by atoms with Crippen LogP contribution in [0.15, 0.2) is 18.2 Å². The molecule has 6 heteroatoms. The van der Waals surface area contributed by atoms with Crippen molar-refractivity contribution >= 4 is 17.6 Å². The van der Waals surface area contributed by atoms with E-state index in [0.29, 0.717) is 36.4 Å². The van der Waals surface area contributed by atoms with Crippen molar-refractivity contribution in [2.45, 2.75) is 38.8 Å². The highest BCUT2D eigenvalue weighted by molar-refractivity contribution is 6.30. The number of aliphatic hydroxyl groups is 1. The van der Waals surface area contributed by atoms with E-state index in [1.165, 1.54) is 0 Å². The van der Waals surface area contributed by atoms with Gasteiger partial charge < -0.3 is 20.5 Å². The van der Waals surface area contributed by atoms with Crippen molar-refractivity contribution < 1.29 is 14.6 Å². The van der Waals surface area contributed by atoms with Gasteiger partial charge in [-0.3, -0.25) is 0 Å². The molecule has 1 fully saturated rings. The Kier molecular flexibility index (Phi) is 6.34. The van der Waals surface area contributed by atoms with Crippen LogP contribution in [-0.4, -0.2) is 30.4 Å². The summed E-state index contributed by atoms with van der Waals surface area (Å²) in [5.41, 5.74) is 0.887. The van der Waals surface area contributed by atoms with Crippen LogP contribution in [0.4, 0.5) is 4.79 Å². The monoisotopic (exact) mass is 326 g/mol. The van der Waals surface area contributed by atoms with Crippen LogP contribution < -0.4 is 15.4 Å². The topological polar surface area (TPSA) is 70.6 Å². The first kappa shape index (κ1) is 16.9. The van der Waals surface area contributed by atoms with E-state index in [4.69, 9.17) is 16.3 Å². The van der Waals surface area contributed by atoms with Gasteiger partial charge in [0.05, 0.1) is 12.7 Å². The van der Waals surface area contributed by atoms with Gasteiger partial charge in [0.25, 0.3) is 0 Å². The molecule has 22 heavy (non-hydrogen) atoms. The standard InChI is InChI=1S/C16H23ClN2O3/c1-2-22-15-8-13(17)5-4-12(15)10-19-16(21)18-9-11-3-6-14(20)7-11/h4-5,8,11,14,20H,2-3,6-7,9-10H2,1H3,(H2,18,19,21)/t11-,14-/m1/s1. The predicted molar refractivity (Wildman–Crippen MR) is 86.2 cm³/mol. The first-order valence-electron chi connectivity index (χ1n) is 7.69. The number of halogens is 1. The van der Waals surface area contributed by atoms with Gasteiger partial charge in [-0.2, -0.15) is 0 Å². The lowest BCUT2D eigenvalue weighted by molar-refractivity contribution is 0.177. The summed E-state index contributed by atoms with van der Waals surface area (Å²) in [6, 6.07) is 5.17. The van der Waals surface area contributed by atoms with E-state index in [1.54, 1.807) is 12.1 Å². The van der Waals surface area contributed by atoms with E-state index >= 15 is 0 Å². The summed E-state index contributed by atoms with van der Waals surface area (Å²) in [5.74, 6) is 1.06. The summed E-state index contributed by atoms with van der Waals surface area (Å²) in [7, 11) is 0. The lowest BCUT2D eigenvalue weighted by Crippen LogP contribution is -2.37. The molecule has 122 valence electrons. The third-order valence-corrected chi connectivity index (χ3v) is 4.07.